The Labute approximate surface area is 119 Å². The normalized spacial score (nSPS) is 14.7. The Balaban J connectivity index is 2.19. The minimum Gasteiger partial charge on any atom is -0.270 e. The van der Waals surface area contributed by atoms with Crippen molar-refractivity contribution in [1.29, 1.82) is 5.26 Å². The van der Waals surface area contributed by atoms with Gasteiger partial charge in [-0.1, -0.05) is 6.07 Å². The van der Waals surface area contributed by atoms with Crippen LogP contribution in [0.25, 0.3) is 11.4 Å². The van der Waals surface area contributed by atoms with Crippen molar-refractivity contribution in [2.24, 2.45) is 0 Å². The van der Waals surface area contributed by atoms with Crippen molar-refractivity contribution in [1.82, 2.24) is 14.8 Å². The molecule has 2 aromatic heterocycles. The van der Waals surface area contributed by atoms with Crippen LogP contribution in [0.4, 0.5) is 13.2 Å². The highest BCUT2D eigenvalue weighted by molar-refractivity contribution is 6.66. The molecule has 0 N–H and O–H groups in total. The van der Waals surface area contributed by atoms with Crippen LogP contribution in [0, 0.1) is 11.2 Å². The van der Waals surface area contributed by atoms with Crippen LogP contribution < -0.4 is 0 Å². The summed E-state index contributed by atoms with van der Waals surface area (Å²) in [5.41, 5.74) is -0.640. The summed E-state index contributed by atoms with van der Waals surface area (Å²) in [4.78, 5) is 3.96. The van der Waals surface area contributed by atoms with E-state index in [0.29, 0.717) is 12.9 Å². The average Bonchev–Trinajstić information content (AvgIpc) is 2.86. The van der Waals surface area contributed by atoms with Gasteiger partial charge in [0.15, 0.2) is 0 Å². The molecular weight excluding hydrogens is 280 g/mol. The molecule has 4 nitrogen and oxygen atoms in total. The van der Waals surface area contributed by atoms with Gasteiger partial charge in [-0.2, -0.15) is 18.3 Å². The van der Waals surface area contributed by atoms with Crippen LogP contribution in [-0.2, 0) is 19.0 Å². The summed E-state index contributed by atoms with van der Waals surface area (Å²) in [6.07, 6.45) is -2.49. The van der Waals surface area contributed by atoms with Gasteiger partial charge in [0.25, 0.3) is 6.71 Å². The van der Waals surface area contributed by atoms with Crippen LogP contribution in [0.3, 0.4) is 0 Å². The number of hydrogen-bond donors (Lipinski definition) is 0. The number of rotatable bonds is 1. The van der Waals surface area contributed by atoms with Crippen molar-refractivity contribution in [3.8, 4) is 17.4 Å². The summed E-state index contributed by atoms with van der Waals surface area (Å²) in [5, 5.41) is 13.0. The first-order chi connectivity index (χ1) is 10.0. The van der Waals surface area contributed by atoms with Crippen LogP contribution >= 0.6 is 0 Å². The van der Waals surface area contributed by atoms with E-state index in [4.69, 9.17) is 5.26 Å². The summed E-state index contributed by atoms with van der Waals surface area (Å²) in [7, 11) is 0. The number of aryl methyl sites for hydroxylation is 1. The highest BCUT2D eigenvalue weighted by atomic mass is 19.4. The second-order valence-electron chi connectivity index (χ2n) is 4.93. The SMILES string of the molecule is N#CB1CCn2nc(-c3ccccn3)c(C(F)(F)F)c2C1. The molecule has 0 fully saturated rings. The van der Waals surface area contributed by atoms with Gasteiger partial charge < -0.3 is 0 Å². The fourth-order valence-corrected chi connectivity index (χ4v) is 2.59. The number of halogens is 3. The third-order valence-electron chi connectivity index (χ3n) is 3.56. The fourth-order valence-electron chi connectivity index (χ4n) is 2.59. The number of pyridine rings is 1. The van der Waals surface area contributed by atoms with Gasteiger partial charge in [-0.05, 0) is 24.8 Å². The zero-order valence-electron chi connectivity index (χ0n) is 10.9. The van der Waals surface area contributed by atoms with E-state index in [1.165, 1.54) is 16.9 Å². The summed E-state index contributed by atoms with van der Waals surface area (Å²) in [5.74, 6) is 2.05. The summed E-state index contributed by atoms with van der Waals surface area (Å²) in [6, 6.07) is 4.77. The molecule has 3 rings (SSSR count). The van der Waals surface area contributed by atoms with E-state index in [1.54, 1.807) is 12.1 Å². The first-order valence-corrected chi connectivity index (χ1v) is 6.48. The smallest absolute Gasteiger partial charge is 0.270 e. The van der Waals surface area contributed by atoms with E-state index in [-0.39, 0.29) is 23.4 Å². The topological polar surface area (TPSA) is 54.5 Å². The molecule has 0 unspecified atom stereocenters. The number of nitriles is 1. The molecule has 8 heteroatoms. The number of fused-ring (bicyclic) bond motifs is 1. The van der Waals surface area contributed by atoms with E-state index in [9.17, 15) is 13.2 Å². The fraction of sp³-hybridized carbons (Fsp3) is 0.308. The standard InChI is InChI=1S/C13H10BF3N4/c15-13(16,17)11-10-7-14(8-18)4-6-21(10)20-12(11)9-3-1-2-5-19-9/h1-3,5H,4,6-7H2. The zero-order chi connectivity index (χ0) is 15.0. The number of aromatic nitrogens is 3. The third-order valence-corrected chi connectivity index (χ3v) is 3.56. The molecule has 3 heterocycles. The van der Waals surface area contributed by atoms with Gasteiger partial charge in [-0.15, -0.1) is 0 Å². The van der Waals surface area contributed by atoms with Crippen LogP contribution in [0.5, 0.6) is 0 Å². The monoisotopic (exact) mass is 290 g/mol. The lowest BCUT2D eigenvalue weighted by Crippen LogP contribution is -2.27. The molecule has 0 radical (unpaired) electrons. The van der Waals surface area contributed by atoms with Crippen LogP contribution in [-0.4, -0.2) is 21.5 Å². The largest absolute Gasteiger partial charge is 0.420 e. The Bertz CT molecular complexity index is 703. The van der Waals surface area contributed by atoms with Gasteiger partial charge >= 0.3 is 6.18 Å². The highest BCUT2D eigenvalue weighted by Gasteiger charge is 2.42. The maximum atomic E-state index is 13.4. The van der Waals surface area contributed by atoms with Crippen LogP contribution in [0.2, 0.25) is 6.32 Å². The molecule has 0 saturated carbocycles. The highest BCUT2D eigenvalue weighted by Crippen LogP contribution is 2.40. The van der Waals surface area contributed by atoms with Crippen LogP contribution in [0.1, 0.15) is 11.3 Å². The van der Waals surface area contributed by atoms with Gasteiger partial charge in [-0.25, -0.2) is 5.26 Å². The van der Waals surface area contributed by atoms with Crippen molar-refractivity contribution in [2.75, 3.05) is 0 Å². The number of nitrogens with zero attached hydrogens (tertiary/aromatic N) is 4. The summed E-state index contributed by atoms with van der Waals surface area (Å²) < 4.78 is 41.6. The third kappa shape index (κ3) is 2.39. The lowest BCUT2D eigenvalue weighted by Gasteiger charge is -2.17. The maximum Gasteiger partial charge on any atom is 0.420 e. The van der Waals surface area contributed by atoms with E-state index in [2.05, 4.69) is 10.1 Å². The van der Waals surface area contributed by atoms with Crippen molar-refractivity contribution in [2.45, 2.75) is 25.4 Å². The van der Waals surface area contributed by atoms with Gasteiger partial charge in [0.05, 0.1) is 5.69 Å². The Kier molecular flexibility index (Phi) is 3.20. The predicted molar refractivity (Wildman–Crippen MR) is 70.3 cm³/mol. The molecule has 21 heavy (non-hydrogen) atoms. The Morgan fingerprint density at radius 2 is 2.14 bits per heavy atom. The molecule has 0 aromatic carbocycles. The molecule has 0 spiro atoms. The Hall–Kier alpha value is -2.30. The van der Waals surface area contributed by atoms with E-state index >= 15 is 0 Å². The quantitative estimate of drug-likeness (QED) is 0.759. The van der Waals surface area contributed by atoms with Gasteiger partial charge in [-0.3, -0.25) is 9.67 Å². The Morgan fingerprint density at radius 1 is 1.33 bits per heavy atom. The predicted octanol–water partition coefficient (Wildman–Crippen LogP) is 2.62. The average molecular weight is 290 g/mol. The maximum absolute atomic E-state index is 13.4. The minimum atomic E-state index is -4.52. The second-order valence-corrected chi connectivity index (χ2v) is 4.93. The van der Waals surface area contributed by atoms with Crippen molar-refractivity contribution < 1.29 is 13.2 Å². The molecule has 0 bridgehead atoms. The first-order valence-electron chi connectivity index (χ1n) is 6.48. The zero-order valence-corrected chi connectivity index (χ0v) is 10.9. The van der Waals surface area contributed by atoms with E-state index in [0.717, 1.165) is 0 Å². The molecule has 106 valence electrons. The molecule has 0 atom stereocenters. The van der Waals surface area contributed by atoms with E-state index in [1.807, 2.05) is 5.97 Å². The van der Waals surface area contributed by atoms with E-state index < -0.39 is 18.5 Å². The molecule has 1 aliphatic rings. The molecule has 0 saturated heterocycles. The number of hydrogen-bond acceptors (Lipinski definition) is 3. The molecular formula is C13H10BF3N4. The van der Waals surface area contributed by atoms with Crippen molar-refractivity contribution in [3.05, 3.63) is 35.7 Å². The van der Waals surface area contributed by atoms with Crippen molar-refractivity contribution in [3.63, 3.8) is 0 Å². The number of alkyl halides is 3. The minimum absolute atomic E-state index is 0.0746. The molecule has 0 aliphatic carbocycles. The Morgan fingerprint density at radius 3 is 2.76 bits per heavy atom. The molecule has 2 aromatic rings. The van der Waals surface area contributed by atoms with Crippen molar-refractivity contribution >= 4 is 6.71 Å². The first kappa shape index (κ1) is 13.7. The molecule has 0 amide bonds. The lowest BCUT2D eigenvalue weighted by molar-refractivity contribution is -0.137. The summed E-state index contributed by atoms with van der Waals surface area (Å²) >= 11 is 0. The van der Waals surface area contributed by atoms with Crippen LogP contribution in [0.15, 0.2) is 24.4 Å². The van der Waals surface area contributed by atoms with Gasteiger partial charge in [0, 0.05) is 24.4 Å². The van der Waals surface area contributed by atoms with Gasteiger partial charge in [0.1, 0.15) is 11.3 Å². The second kappa shape index (κ2) is 4.92. The summed E-state index contributed by atoms with van der Waals surface area (Å²) in [6.45, 7) is -0.0735. The molecule has 1 aliphatic heterocycles. The van der Waals surface area contributed by atoms with Gasteiger partial charge in [0.2, 0.25) is 0 Å². The lowest BCUT2D eigenvalue weighted by atomic mass is 9.45.